The first kappa shape index (κ1) is 24.6. The fourth-order valence-electron chi connectivity index (χ4n) is 4.72. The highest BCUT2D eigenvalue weighted by molar-refractivity contribution is 6.30. The lowest BCUT2D eigenvalue weighted by Gasteiger charge is -2.42. The molecule has 0 saturated carbocycles. The summed E-state index contributed by atoms with van der Waals surface area (Å²) in [4.78, 5) is 27.5. The molecule has 1 aromatic carbocycles. The Morgan fingerprint density at radius 3 is 2.41 bits per heavy atom. The molecule has 10 heteroatoms. The van der Waals surface area contributed by atoms with Crippen molar-refractivity contribution in [1.29, 1.82) is 0 Å². The minimum absolute atomic E-state index is 0.0243. The van der Waals surface area contributed by atoms with E-state index in [4.69, 9.17) is 17.3 Å². The van der Waals surface area contributed by atoms with Crippen LogP contribution >= 0.6 is 11.6 Å². The molecule has 0 aliphatic carbocycles. The van der Waals surface area contributed by atoms with Crippen molar-refractivity contribution in [2.24, 2.45) is 5.73 Å². The van der Waals surface area contributed by atoms with Crippen molar-refractivity contribution in [2.45, 2.75) is 38.6 Å². The monoisotopic (exact) mass is 489 g/mol. The molecular weight excluding hydrogens is 457 g/mol. The summed E-state index contributed by atoms with van der Waals surface area (Å²) in [6.45, 7) is 9.53. The van der Waals surface area contributed by atoms with Crippen LogP contribution in [0.15, 0.2) is 18.2 Å². The van der Waals surface area contributed by atoms with Crippen molar-refractivity contribution in [3.05, 3.63) is 40.6 Å². The number of rotatable bonds is 6. The van der Waals surface area contributed by atoms with Gasteiger partial charge in [-0.25, -0.2) is 14.4 Å². The molecule has 0 atom stereocenters. The molecule has 4 rings (SSSR count). The number of hydrogen-bond donors (Lipinski definition) is 2. The van der Waals surface area contributed by atoms with E-state index in [9.17, 15) is 4.79 Å². The van der Waals surface area contributed by atoms with Crippen molar-refractivity contribution < 1.29 is 9.18 Å². The molecule has 0 bridgehead atoms. The van der Waals surface area contributed by atoms with Crippen LogP contribution in [0.2, 0.25) is 5.15 Å². The summed E-state index contributed by atoms with van der Waals surface area (Å²) in [7, 11) is 2.17. The zero-order chi connectivity index (χ0) is 24.4. The molecule has 3 N–H and O–H groups in total. The second kappa shape index (κ2) is 10.4. The summed E-state index contributed by atoms with van der Waals surface area (Å²) in [6, 6.07) is 5.54. The summed E-state index contributed by atoms with van der Waals surface area (Å²) in [6.07, 6.45) is 2.40. The summed E-state index contributed by atoms with van der Waals surface area (Å²) >= 11 is 6.25. The Hall–Kier alpha value is -2.49. The summed E-state index contributed by atoms with van der Waals surface area (Å²) in [5.41, 5.74) is 6.97. The third-order valence-corrected chi connectivity index (χ3v) is 7.01. The number of carbonyl (C=O) groups excluding carboxylic acids is 1. The van der Waals surface area contributed by atoms with Crippen LogP contribution in [0.25, 0.3) is 0 Å². The highest BCUT2D eigenvalue weighted by atomic mass is 35.5. The van der Waals surface area contributed by atoms with Crippen LogP contribution < -0.4 is 16.0 Å². The smallest absolute Gasteiger partial charge is 0.271 e. The number of nitrogens with zero attached hydrogens (tertiary/aromatic N) is 5. The van der Waals surface area contributed by atoms with Gasteiger partial charge < -0.3 is 20.9 Å². The number of hydrogen-bond acceptors (Lipinski definition) is 7. The standard InChI is InChI=1S/C24H33ClFN7O/c1-15(2)20-22(25)30-24(21(29-20)23(27)34)28-16-4-5-19(18(26)14-16)33-12-10-32(11-13-33)17-6-8-31(3)9-7-17/h4-5,14-15,17H,6-13H2,1-3H3,(H2,27,34)(H,28,30). The number of anilines is 3. The Bertz CT molecular complexity index is 1030. The number of carbonyl (C=O) groups is 1. The zero-order valence-corrected chi connectivity index (χ0v) is 20.8. The van der Waals surface area contributed by atoms with E-state index >= 15 is 4.39 Å². The van der Waals surface area contributed by atoms with Crippen molar-refractivity contribution in [3.63, 3.8) is 0 Å². The average molecular weight is 490 g/mol. The number of amides is 1. The molecule has 2 aromatic rings. The third kappa shape index (κ3) is 5.42. The van der Waals surface area contributed by atoms with Gasteiger partial charge in [0.15, 0.2) is 16.7 Å². The molecule has 34 heavy (non-hydrogen) atoms. The third-order valence-electron chi connectivity index (χ3n) is 6.73. The average Bonchev–Trinajstić information content (AvgIpc) is 2.79. The van der Waals surface area contributed by atoms with Crippen molar-refractivity contribution in [1.82, 2.24) is 19.8 Å². The quantitative estimate of drug-likeness (QED) is 0.642. The van der Waals surface area contributed by atoms with Crippen molar-refractivity contribution >= 4 is 34.7 Å². The number of piperidine rings is 1. The molecule has 2 fully saturated rings. The van der Waals surface area contributed by atoms with Gasteiger partial charge >= 0.3 is 0 Å². The summed E-state index contributed by atoms with van der Waals surface area (Å²) in [5.74, 6) is -0.978. The second-order valence-electron chi connectivity index (χ2n) is 9.46. The van der Waals surface area contributed by atoms with Crippen LogP contribution in [0.3, 0.4) is 0 Å². The number of primary amides is 1. The van der Waals surface area contributed by atoms with Crippen LogP contribution in [0.4, 0.5) is 21.6 Å². The Morgan fingerprint density at radius 2 is 1.82 bits per heavy atom. The van der Waals surface area contributed by atoms with Crippen LogP contribution in [-0.4, -0.2) is 78.0 Å². The van der Waals surface area contributed by atoms with Gasteiger partial charge in [-0.1, -0.05) is 25.4 Å². The topological polar surface area (TPSA) is 90.6 Å². The van der Waals surface area contributed by atoms with E-state index in [1.165, 1.54) is 18.9 Å². The molecule has 8 nitrogen and oxygen atoms in total. The highest BCUT2D eigenvalue weighted by Crippen LogP contribution is 2.29. The number of halogens is 2. The lowest BCUT2D eigenvalue weighted by atomic mass is 10.0. The van der Waals surface area contributed by atoms with Gasteiger partial charge in [0, 0.05) is 37.9 Å². The number of likely N-dealkylation sites (tertiary alicyclic amines) is 1. The molecule has 2 aliphatic rings. The predicted octanol–water partition coefficient (Wildman–Crippen LogP) is 3.45. The minimum atomic E-state index is -0.729. The maximum absolute atomic E-state index is 15.1. The highest BCUT2D eigenvalue weighted by Gasteiger charge is 2.27. The van der Waals surface area contributed by atoms with Crippen LogP contribution in [0.5, 0.6) is 0 Å². The first-order valence-corrected chi connectivity index (χ1v) is 12.2. The van der Waals surface area contributed by atoms with Gasteiger partial charge in [-0.05, 0) is 57.1 Å². The molecule has 184 valence electrons. The van der Waals surface area contributed by atoms with Gasteiger partial charge in [-0.15, -0.1) is 0 Å². The fraction of sp³-hybridized carbons (Fsp3) is 0.542. The maximum Gasteiger partial charge on any atom is 0.271 e. The van der Waals surface area contributed by atoms with Crippen LogP contribution in [0.1, 0.15) is 48.8 Å². The summed E-state index contributed by atoms with van der Waals surface area (Å²) in [5, 5.41) is 3.14. The minimum Gasteiger partial charge on any atom is -0.367 e. The Kier molecular flexibility index (Phi) is 7.54. The van der Waals surface area contributed by atoms with E-state index in [0.29, 0.717) is 23.1 Å². The van der Waals surface area contributed by atoms with Crippen LogP contribution in [0, 0.1) is 5.82 Å². The van der Waals surface area contributed by atoms with Gasteiger partial charge in [0.2, 0.25) is 0 Å². The van der Waals surface area contributed by atoms with E-state index in [-0.39, 0.29) is 28.4 Å². The second-order valence-corrected chi connectivity index (χ2v) is 9.82. The van der Waals surface area contributed by atoms with Crippen LogP contribution in [-0.2, 0) is 0 Å². The van der Waals surface area contributed by atoms with Gasteiger partial charge in [0.25, 0.3) is 5.91 Å². The Labute approximate surface area is 205 Å². The Balaban J connectivity index is 1.44. The van der Waals surface area contributed by atoms with Gasteiger partial charge in [0.05, 0.1) is 11.4 Å². The maximum atomic E-state index is 15.1. The van der Waals surface area contributed by atoms with E-state index in [2.05, 4.69) is 37.0 Å². The number of aromatic nitrogens is 2. The number of benzene rings is 1. The molecule has 3 heterocycles. The van der Waals surface area contributed by atoms with Crippen molar-refractivity contribution in [2.75, 3.05) is 56.5 Å². The SMILES string of the molecule is CC(C)c1nc(C(N)=O)c(Nc2ccc(N3CCN(C4CCN(C)CC4)CC3)c(F)c2)nc1Cl. The number of piperazine rings is 1. The molecule has 0 unspecified atom stereocenters. The number of nitrogens with two attached hydrogens (primary N) is 1. The van der Waals surface area contributed by atoms with E-state index in [1.807, 2.05) is 13.8 Å². The van der Waals surface area contributed by atoms with Gasteiger partial charge in [0.1, 0.15) is 5.82 Å². The largest absolute Gasteiger partial charge is 0.367 e. The number of nitrogens with one attached hydrogen (secondary N) is 1. The lowest BCUT2D eigenvalue weighted by Crippen LogP contribution is -2.53. The first-order valence-electron chi connectivity index (χ1n) is 11.8. The predicted molar refractivity (Wildman–Crippen MR) is 134 cm³/mol. The fourth-order valence-corrected chi connectivity index (χ4v) is 5.07. The van der Waals surface area contributed by atoms with E-state index in [1.54, 1.807) is 12.1 Å². The zero-order valence-electron chi connectivity index (χ0n) is 20.0. The molecule has 1 aromatic heterocycles. The molecular formula is C24H33ClFN7O. The molecule has 0 radical (unpaired) electrons. The van der Waals surface area contributed by atoms with Gasteiger partial charge in [-0.3, -0.25) is 9.69 Å². The normalized spacial score (nSPS) is 18.5. The molecule has 2 aliphatic heterocycles. The van der Waals surface area contributed by atoms with E-state index in [0.717, 1.165) is 39.3 Å². The Morgan fingerprint density at radius 1 is 1.15 bits per heavy atom. The van der Waals surface area contributed by atoms with Gasteiger partial charge in [-0.2, -0.15) is 0 Å². The first-order chi connectivity index (χ1) is 16.2. The molecule has 0 spiro atoms. The van der Waals surface area contributed by atoms with Crippen molar-refractivity contribution in [3.8, 4) is 0 Å². The molecule has 1 amide bonds. The molecule has 2 saturated heterocycles. The van der Waals surface area contributed by atoms with E-state index < -0.39 is 5.91 Å². The summed E-state index contributed by atoms with van der Waals surface area (Å²) < 4.78 is 15.1. The lowest BCUT2D eigenvalue weighted by molar-refractivity contribution is 0.0996.